The number of likely N-dealkylation sites (tertiary alicyclic amines) is 1. The Morgan fingerprint density at radius 1 is 0.853 bits per heavy atom. The average molecular weight is 459 g/mol. The Balaban J connectivity index is 0.000000398. The second-order valence-electron chi connectivity index (χ2n) is 9.36. The fourth-order valence-electron chi connectivity index (χ4n) is 4.81. The molecule has 2 aliphatic heterocycles. The van der Waals surface area contributed by atoms with Gasteiger partial charge in [-0.3, -0.25) is 9.69 Å². The highest BCUT2D eigenvalue weighted by molar-refractivity contribution is 5.96. The Bertz CT molecular complexity index is 1000. The van der Waals surface area contributed by atoms with Crippen LogP contribution in [0.2, 0.25) is 0 Å². The first-order chi connectivity index (χ1) is 16.7. The van der Waals surface area contributed by atoms with E-state index in [4.69, 9.17) is 0 Å². The molecule has 5 rings (SSSR count). The van der Waals surface area contributed by atoms with E-state index in [1.807, 2.05) is 54.6 Å². The molecule has 178 valence electrons. The van der Waals surface area contributed by atoms with Crippen molar-refractivity contribution in [3.63, 3.8) is 0 Å². The van der Waals surface area contributed by atoms with Crippen molar-refractivity contribution in [2.45, 2.75) is 38.6 Å². The highest BCUT2D eigenvalue weighted by Crippen LogP contribution is 2.25. The number of hydrogen-bond acceptors (Lipinski definition) is 3. The number of nitrogens with zero attached hydrogens (tertiary/aromatic N) is 1. The molecule has 4 heteroatoms. The molecular formula is C30H35FN2O. The number of benzene rings is 3. The molecular weight excluding hydrogens is 423 g/mol. The first-order valence-electron chi connectivity index (χ1n) is 12.5. The van der Waals surface area contributed by atoms with E-state index in [0.29, 0.717) is 12.3 Å². The number of ketones is 1. The molecule has 0 aliphatic carbocycles. The van der Waals surface area contributed by atoms with E-state index >= 15 is 0 Å². The lowest BCUT2D eigenvalue weighted by atomic mass is 9.88. The Kier molecular flexibility index (Phi) is 9.00. The second kappa shape index (κ2) is 12.6. The Morgan fingerprint density at radius 3 is 2.12 bits per heavy atom. The quantitative estimate of drug-likeness (QED) is 0.499. The van der Waals surface area contributed by atoms with Gasteiger partial charge in [0.2, 0.25) is 0 Å². The number of Topliss-reactive ketones (excluding diaryl/α,β-unsaturated/α-hetero) is 1. The summed E-state index contributed by atoms with van der Waals surface area (Å²) in [6.07, 6.45) is 4.83. The van der Waals surface area contributed by atoms with Crippen LogP contribution in [0.4, 0.5) is 4.39 Å². The van der Waals surface area contributed by atoms with Crippen molar-refractivity contribution in [1.29, 1.82) is 0 Å². The zero-order valence-electron chi connectivity index (χ0n) is 19.9. The maximum Gasteiger partial charge on any atom is 0.163 e. The summed E-state index contributed by atoms with van der Waals surface area (Å²) in [6.45, 7) is 4.89. The molecule has 0 amide bonds. The van der Waals surface area contributed by atoms with Crippen molar-refractivity contribution in [3.05, 3.63) is 107 Å². The van der Waals surface area contributed by atoms with Crippen molar-refractivity contribution >= 4 is 5.78 Å². The molecule has 0 bridgehead atoms. The molecule has 0 saturated carbocycles. The van der Waals surface area contributed by atoms with Gasteiger partial charge in [-0.1, -0.05) is 60.7 Å². The molecule has 1 saturated heterocycles. The van der Waals surface area contributed by atoms with Gasteiger partial charge in [-0.15, -0.1) is 0 Å². The van der Waals surface area contributed by atoms with Crippen molar-refractivity contribution < 1.29 is 9.18 Å². The number of carbonyl (C=O) groups is 1. The van der Waals surface area contributed by atoms with Gasteiger partial charge in [0.1, 0.15) is 5.82 Å². The fourth-order valence-corrected chi connectivity index (χ4v) is 4.81. The third-order valence-electron chi connectivity index (χ3n) is 6.84. The Morgan fingerprint density at radius 2 is 1.47 bits per heavy atom. The summed E-state index contributed by atoms with van der Waals surface area (Å²) in [6, 6.07) is 25.1. The van der Waals surface area contributed by atoms with E-state index in [-0.39, 0.29) is 11.6 Å². The zero-order chi connectivity index (χ0) is 23.6. The summed E-state index contributed by atoms with van der Waals surface area (Å²) in [5, 5.41) is 3.42. The van der Waals surface area contributed by atoms with Crippen molar-refractivity contribution in [2.24, 2.45) is 5.92 Å². The van der Waals surface area contributed by atoms with Gasteiger partial charge < -0.3 is 5.32 Å². The topological polar surface area (TPSA) is 32.3 Å². The Labute approximate surface area is 203 Å². The predicted octanol–water partition coefficient (Wildman–Crippen LogP) is 5.69. The normalized spacial score (nSPS) is 16.6. The highest BCUT2D eigenvalue weighted by Gasteiger charge is 2.22. The smallest absolute Gasteiger partial charge is 0.163 e. The fraction of sp³-hybridized carbons (Fsp3) is 0.367. The summed E-state index contributed by atoms with van der Waals surface area (Å²) < 4.78 is 13.0. The van der Waals surface area contributed by atoms with Crippen molar-refractivity contribution in [1.82, 2.24) is 10.2 Å². The molecule has 34 heavy (non-hydrogen) atoms. The lowest BCUT2D eigenvalue weighted by Crippen LogP contribution is -2.33. The van der Waals surface area contributed by atoms with E-state index in [9.17, 15) is 9.18 Å². The molecule has 0 atom stereocenters. The standard InChI is InChI=1S/C24H29FN2O.C6H6/c25-23-5-1-19(2-6-23)17-27-13-9-18(10-14-27)15-24(28)22-4-3-20-7-11-26-12-8-21(20)16-22;1-2-4-6-5-3-1/h1-6,16,18,26H,7-15,17H2;1-6H. The third kappa shape index (κ3) is 7.34. The van der Waals surface area contributed by atoms with Crippen molar-refractivity contribution in [3.8, 4) is 0 Å². The van der Waals surface area contributed by atoms with Gasteiger partial charge in [0, 0.05) is 18.5 Å². The maximum atomic E-state index is 13.0. The van der Waals surface area contributed by atoms with Crippen LogP contribution in [0, 0.1) is 11.7 Å². The van der Waals surface area contributed by atoms with E-state index in [0.717, 1.165) is 69.5 Å². The van der Waals surface area contributed by atoms with Gasteiger partial charge in [-0.05, 0) is 92.7 Å². The molecule has 2 aliphatic rings. The van der Waals surface area contributed by atoms with Crippen LogP contribution < -0.4 is 5.32 Å². The highest BCUT2D eigenvalue weighted by atomic mass is 19.1. The molecule has 0 radical (unpaired) electrons. The number of piperidine rings is 1. The molecule has 1 fully saturated rings. The minimum absolute atomic E-state index is 0.185. The molecule has 0 spiro atoms. The predicted molar refractivity (Wildman–Crippen MR) is 137 cm³/mol. The summed E-state index contributed by atoms with van der Waals surface area (Å²) in [5.41, 5.74) is 4.76. The minimum atomic E-state index is -0.185. The Hall–Kier alpha value is -2.82. The summed E-state index contributed by atoms with van der Waals surface area (Å²) >= 11 is 0. The molecule has 0 unspecified atom stereocenters. The monoisotopic (exact) mass is 458 g/mol. The molecule has 3 aromatic carbocycles. The SMILES string of the molecule is O=C(CC1CCN(Cc2ccc(F)cc2)CC1)c1ccc2c(c1)CCNCC2.c1ccccc1. The number of fused-ring (bicyclic) bond motifs is 1. The second-order valence-corrected chi connectivity index (χ2v) is 9.36. The van der Waals surface area contributed by atoms with Crippen LogP contribution in [-0.2, 0) is 19.4 Å². The lowest BCUT2D eigenvalue weighted by molar-refractivity contribution is 0.0925. The van der Waals surface area contributed by atoms with Gasteiger partial charge in [0.15, 0.2) is 5.78 Å². The molecule has 0 aromatic heterocycles. The maximum absolute atomic E-state index is 13.0. The largest absolute Gasteiger partial charge is 0.316 e. The zero-order valence-corrected chi connectivity index (χ0v) is 19.9. The van der Waals surface area contributed by atoms with Crippen molar-refractivity contribution in [2.75, 3.05) is 26.2 Å². The van der Waals surface area contributed by atoms with Crippen LogP contribution in [0.1, 0.15) is 46.3 Å². The van der Waals surface area contributed by atoms with E-state index in [1.54, 1.807) is 0 Å². The van der Waals surface area contributed by atoms with Crippen LogP contribution in [0.25, 0.3) is 0 Å². The first-order valence-corrected chi connectivity index (χ1v) is 12.5. The van der Waals surface area contributed by atoms with Crippen LogP contribution in [0.3, 0.4) is 0 Å². The van der Waals surface area contributed by atoms with Gasteiger partial charge in [0.05, 0.1) is 0 Å². The molecule has 1 N–H and O–H groups in total. The average Bonchev–Trinajstić information content (AvgIpc) is 3.13. The summed E-state index contributed by atoms with van der Waals surface area (Å²) in [5.74, 6) is 0.574. The molecule has 3 aromatic rings. The number of nitrogens with one attached hydrogen (secondary N) is 1. The van der Waals surface area contributed by atoms with Gasteiger partial charge in [0.25, 0.3) is 0 Å². The van der Waals surface area contributed by atoms with Crippen LogP contribution in [0.5, 0.6) is 0 Å². The van der Waals surface area contributed by atoms with Crippen LogP contribution in [-0.4, -0.2) is 36.9 Å². The number of carbonyl (C=O) groups excluding carboxylic acids is 1. The van der Waals surface area contributed by atoms with Crippen LogP contribution >= 0.6 is 0 Å². The molecule has 3 nitrogen and oxygen atoms in total. The van der Waals surface area contributed by atoms with Gasteiger partial charge in [-0.25, -0.2) is 4.39 Å². The number of hydrogen-bond donors (Lipinski definition) is 1. The van der Waals surface area contributed by atoms with E-state index in [1.165, 1.54) is 23.3 Å². The third-order valence-corrected chi connectivity index (χ3v) is 6.84. The van der Waals surface area contributed by atoms with Gasteiger partial charge >= 0.3 is 0 Å². The number of halogens is 1. The number of rotatable bonds is 5. The van der Waals surface area contributed by atoms with Gasteiger partial charge in [-0.2, -0.15) is 0 Å². The first kappa shape index (κ1) is 24.3. The van der Waals surface area contributed by atoms with E-state index in [2.05, 4.69) is 22.3 Å². The molecule has 2 heterocycles. The van der Waals surface area contributed by atoms with Crippen LogP contribution in [0.15, 0.2) is 78.9 Å². The minimum Gasteiger partial charge on any atom is -0.316 e. The summed E-state index contributed by atoms with van der Waals surface area (Å²) in [7, 11) is 0. The lowest BCUT2D eigenvalue weighted by Gasteiger charge is -2.31. The summed E-state index contributed by atoms with van der Waals surface area (Å²) in [4.78, 5) is 15.2. The van der Waals surface area contributed by atoms with E-state index < -0.39 is 0 Å².